The van der Waals surface area contributed by atoms with Crippen LogP contribution < -0.4 is 10.2 Å². The number of thiophene rings is 1. The number of benzene rings is 2. The number of piperazine rings is 1. The third-order valence-corrected chi connectivity index (χ3v) is 7.67. The second-order valence-corrected chi connectivity index (χ2v) is 9.13. The van der Waals surface area contributed by atoms with Crippen LogP contribution in [-0.4, -0.2) is 34.6 Å². The van der Waals surface area contributed by atoms with Crippen molar-refractivity contribution in [1.82, 2.24) is 5.32 Å². The van der Waals surface area contributed by atoms with E-state index in [1.807, 2.05) is 12.1 Å². The standard InChI is InChI=1S/C18H17ClN2O2S2/c19-15-7-6-14-16(25(22,23)13-4-2-1-3-5-13)12-24-18(14)17(15)21-10-8-20-9-11-21/h1-7,12,20H,8-11H2. The molecular formula is C18H17ClN2O2S2. The van der Waals surface area contributed by atoms with E-state index in [9.17, 15) is 8.42 Å². The second kappa shape index (κ2) is 6.61. The summed E-state index contributed by atoms with van der Waals surface area (Å²) in [7, 11) is -3.55. The van der Waals surface area contributed by atoms with Crippen molar-refractivity contribution in [2.75, 3.05) is 31.1 Å². The number of nitrogens with zero attached hydrogens (tertiary/aromatic N) is 1. The first kappa shape index (κ1) is 16.8. The lowest BCUT2D eigenvalue weighted by Gasteiger charge is -2.30. The SMILES string of the molecule is O=S(=O)(c1ccccc1)c1csc2c(N3CCNCC3)c(Cl)ccc12. The van der Waals surface area contributed by atoms with Gasteiger partial charge in [-0.3, -0.25) is 0 Å². The molecule has 1 aliphatic rings. The van der Waals surface area contributed by atoms with E-state index in [0.717, 1.165) is 42.0 Å². The van der Waals surface area contributed by atoms with Gasteiger partial charge in [-0.25, -0.2) is 8.42 Å². The number of fused-ring (bicyclic) bond motifs is 1. The van der Waals surface area contributed by atoms with E-state index in [4.69, 9.17) is 11.6 Å². The van der Waals surface area contributed by atoms with Crippen LogP contribution in [-0.2, 0) is 9.84 Å². The lowest BCUT2D eigenvalue weighted by atomic mass is 10.2. The Morgan fingerprint density at radius 3 is 2.48 bits per heavy atom. The van der Waals surface area contributed by atoms with Crippen molar-refractivity contribution in [3.05, 3.63) is 52.9 Å². The van der Waals surface area contributed by atoms with Crippen LogP contribution in [0.5, 0.6) is 0 Å². The monoisotopic (exact) mass is 392 g/mol. The van der Waals surface area contributed by atoms with Crippen LogP contribution >= 0.6 is 22.9 Å². The molecule has 130 valence electrons. The van der Waals surface area contributed by atoms with Gasteiger partial charge in [-0.15, -0.1) is 11.3 Å². The fourth-order valence-corrected chi connectivity index (χ4v) is 6.44. The Kier molecular flexibility index (Phi) is 4.45. The third kappa shape index (κ3) is 2.93. The van der Waals surface area contributed by atoms with Crippen LogP contribution in [0.3, 0.4) is 0 Å². The normalized spacial score (nSPS) is 15.6. The molecule has 0 radical (unpaired) electrons. The number of hydrogen-bond acceptors (Lipinski definition) is 5. The van der Waals surface area contributed by atoms with Crippen LogP contribution in [0.1, 0.15) is 0 Å². The largest absolute Gasteiger partial charge is 0.367 e. The number of hydrogen-bond donors (Lipinski definition) is 1. The number of anilines is 1. The molecule has 0 aliphatic carbocycles. The molecule has 0 saturated carbocycles. The topological polar surface area (TPSA) is 49.4 Å². The summed E-state index contributed by atoms with van der Waals surface area (Å²) in [5, 5.41) is 6.47. The minimum Gasteiger partial charge on any atom is -0.367 e. The van der Waals surface area contributed by atoms with Gasteiger partial charge >= 0.3 is 0 Å². The van der Waals surface area contributed by atoms with Gasteiger partial charge in [-0.1, -0.05) is 35.9 Å². The van der Waals surface area contributed by atoms with E-state index in [0.29, 0.717) is 14.8 Å². The maximum Gasteiger partial charge on any atom is 0.208 e. The quantitative estimate of drug-likeness (QED) is 0.736. The number of rotatable bonds is 3. The highest BCUT2D eigenvalue weighted by atomic mass is 35.5. The molecule has 0 bridgehead atoms. The molecule has 2 aromatic carbocycles. The zero-order valence-electron chi connectivity index (χ0n) is 13.4. The molecule has 0 amide bonds. The Hall–Kier alpha value is -1.60. The molecule has 4 nitrogen and oxygen atoms in total. The summed E-state index contributed by atoms with van der Waals surface area (Å²) in [5.41, 5.74) is 0.945. The molecule has 1 saturated heterocycles. The van der Waals surface area contributed by atoms with Crippen molar-refractivity contribution in [2.24, 2.45) is 0 Å². The maximum absolute atomic E-state index is 13.0. The third-order valence-electron chi connectivity index (χ3n) is 4.41. The smallest absolute Gasteiger partial charge is 0.208 e. The molecule has 1 aromatic heterocycles. The molecule has 0 spiro atoms. The number of sulfone groups is 1. The average molecular weight is 393 g/mol. The van der Waals surface area contributed by atoms with Crippen molar-refractivity contribution in [3.63, 3.8) is 0 Å². The van der Waals surface area contributed by atoms with Crippen molar-refractivity contribution >= 4 is 48.5 Å². The molecule has 0 atom stereocenters. The average Bonchev–Trinajstić information content (AvgIpc) is 3.08. The van der Waals surface area contributed by atoms with Crippen LogP contribution in [0.4, 0.5) is 5.69 Å². The van der Waals surface area contributed by atoms with Gasteiger partial charge in [0.2, 0.25) is 9.84 Å². The van der Waals surface area contributed by atoms with Crippen molar-refractivity contribution in [1.29, 1.82) is 0 Å². The molecule has 4 rings (SSSR count). The highest BCUT2D eigenvalue weighted by Crippen LogP contribution is 2.42. The Bertz CT molecular complexity index is 1010. The first-order valence-electron chi connectivity index (χ1n) is 8.04. The Morgan fingerprint density at radius 1 is 1.04 bits per heavy atom. The minimum absolute atomic E-state index is 0.313. The van der Waals surface area contributed by atoms with Gasteiger partial charge in [0.1, 0.15) is 0 Å². The predicted molar refractivity (Wildman–Crippen MR) is 104 cm³/mol. The molecule has 25 heavy (non-hydrogen) atoms. The van der Waals surface area contributed by atoms with Gasteiger partial charge in [-0.2, -0.15) is 0 Å². The van der Waals surface area contributed by atoms with Gasteiger partial charge < -0.3 is 10.2 Å². The Balaban J connectivity index is 1.88. The first-order chi connectivity index (χ1) is 12.1. The van der Waals surface area contributed by atoms with Crippen molar-refractivity contribution in [2.45, 2.75) is 9.79 Å². The molecular weight excluding hydrogens is 376 g/mol. The second-order valence-electron chi connectivity index (χ2n) is 5.93. The van der Waals surface area contributed by atoms with Crippen molar-refractivity contribution in [3.8, 4) is 0 Å². The van der Waals surface area contributed by atoms with Gasteiger partial charge in [-0.05, 0) is 18.2 Å². The van der Waals surface area contributed by atoms with Gasteiger partial charge in [0.25, 0.3) is 0 Å². The van der Waals surface area contributed by atoms with E-state index in [2.05, 4.69) is 10.2 Å². The summed E-state index contributed by atoms with van der Waals surface area (Å²) in [6.45, 7) is 3.51. The molecule has 1 fully saturated rings. The first-order valence-corrected chi connectivity index (χ1v) is 10.8. The van der Waals surface area contributed by atoms with Crippen molar-refractivity contribution < 1.29 is 8.42 Å². The maximum atomic E-state index is 13.0. The number of nitrogens with one attached hydrogen (secondary N) is 1. The van der Waals surface area contributed by atoms with E-state index in [1.54, 1.807) is 35.7 Å². The molecule has 2 heterocycles. The summed E-state index contributed by atoms with van der Waals surface area (Å²) in [5.74, 6) is 0. The van der Waals surface area contributed by atoms with E-state index in [-0.39, 0.29) is 0 Å². The fraction of sp³-hybridized carbons (Fsp3) is 0.222. The highest BCUT2D eigenvalue weighted by molar-refractivity contribution is 7.92. The summed E-state index contributed by atoms with van der Waals surface area (Å²) >= 11 is 7.92. The predicted octanol–water partition coefficient (Wildman–Crippen LogP) is 3.80. The van der Waals surface area contributed by atoms with Gasteiger partial charge in [0.05, 0.1) is 25.2 Å². The van der Waals surface area contributed by atoms with E-state index < -0.39 is 9.84 Å². The van der Waals surface area contributed by atoms with E-state index in [1.165, 1.54) is 11.3 Å². The molecule has 3 aromatic rings. The minimum atomic E-state index is -3.55. The summed E-state index contributed by atoms with van der Waals surface area (Å²) in [4.78, 5) is 2.90. The van der Waals surface area contributed by atoms with Crippen LogP contribution in [0.25, 0.3) is 10.1 Å². The molecule has 1 aliphatic heterocycles. The highest BCUT2D eigenvalue weighted by Gasteiger charge is 2.25. The van der Waals surface area contributed by atoms with E-state index >= 15 is 0 Å². The molecule has 0 unspecified atom stereocenters. The number of halogens is 1. The van der Waals surface area contributed by atoms with Crippen LogP contribution in [0.15, 0.2) is 57.6 Å². The molecule has 1 N–H and O–H groups in total. The van der Waals surface area contributed by atoms with Gasteiger partial charge in [0, 0.05) is 36.9 Å². The summed E-state index contributed by atoms with van der Waals surface area (Å²) in [6.07, 6.45) is 0. The summed E-state index contributed by atoms with van der Waals surface area (Å²) in [6, 6.07) is 12.2. The Labute approximate surface area is 156 Å². The Morgan fingerprint density at radius 2 is 1.76 bits per heavy atom. The van der Waals surface area contributed by atoms with Crippen LogP contribution in [0, 0.1) is 0 Å². The zero-order chi connectivity index (χ0) is 17.4. The lowest BCUT2D eigenvalue weighted by molar-refractivity contribution is 0.590. The van der Waals surface area contributed by atoms with Gasteiger partial charge in [0.15, 0.2) is 0 Å². The van der Waals surface area contributed by atoms with Crippen LogP contribution in [0.2, 0.25) is 5.02 Å². The summed E-state index contributed by atoms with van der Waals surface area (Å²) < 4.78 is 27.0. The fourth-order valence-electron chi connectivity index (χ4n) is 3.15. The lowest BCUT2D eigenvalue weighted by Crippen LogP contribution is -2.43. The zero-order valence-corrected chi connectivity index (χ0v) is 15.8. The molecule has 7 heteroatoms.